The maximum atomic E-state index is 12.4. The van der Waals surface area contributed by atoms with E-state index in [1.165, 1.54) is 17.0 Å². The molecule has 1 saturated heterocycles. The molecule has 0 aromatic heterocycles. The number of aliphatic carboxylic acids is 1. The van der Waals surface area contributed by atoms with Crippen molar-refractivity contribution in [2.24, 2.45) is 5.92 Å². The van der Waals surface area contributed by atoms with Crippen molar-refractivity contribution >= 4 is 33.3 Å². The zero-order chi connectivity index (χ0) is 17.9. The summed E-state index contributed by atoms with van der Waals surface area (Å²) in [4.78, 5) is 24.8. The van der Waals surface area contributed by atoms with Crippen LogP contribution in [0.3, 0.4) is 0 Å². The number of sulfone groups is 1. The molecule has 1 amide bonds. The van der Waals surface area contributed by atoms with Crippen LogP contribution in [0.5, 0.6) is 0 Å². The number of rotatable bonds is 6. The minimum atomic E-state index is -3.61. The van der Waals surface area contributed by atoms with Crippen LogP contribution in [0.15, 0.2) is 29.2 Å². The molecule has 1 aliphatic rings. The molecule has 0 spiro atoms. The molecule has 2 unspecified atom stereocenters. The molecule has 0 aliphatic carbocycles. The Morgan fingerprint density at radius 2 is 2.04 bits per heavy atom. The molecule has 0 saturated carbocycles. The highest BCUT2D eigenvalue weighted by molar-refractivity contribution is 7.91. The second kappa shape index (κ2) is 7.53. The van der Waals surface area contributed by atoms with Crippen LogP contribution in [0.1, 0.15) is 26.2 Å². The van der Waals surface area contributed by atoms with Gasteiger partial charge in [0.25, 0.3) is 0 Å². The smallest absolute Gasteiger partial charge is 0.326 e. The van der Waals surface area contributed by atoms with Gasteiger partial charge >= 0.3 is 5.97 Å². The first-order valence-electron chi connectivity index (χ1n) is 7.72. The van der Waals surface area contributed by atoms with Gasteiger partial charge in [0.15, 0.2) is 9.84 Å². The van der Waals surface area contributed by atoms with Gasteiger partial charge in [0.05, 0.1) is 15.7 Å². The van der Waals surface area contributed by atoms with Gasteiger partial charge in [-0.15, -0.1) is 0 Å². The van der Waals surface area contributed by atoms with Crippen LogP contribution in [-0.2, 0) is 19.4 Å². The lowest BCUT2D eigenvalue weighted by Gasteiger charge is -2.23. The van der Waals surface area contributed by atoms with Gasteiger partial charge in [-0.2, -0.15) is 0 Å². The Balaban J connectivity index is 2.02. The number of nitrogens with zero attached hydrogens (tertiary/aromatic N) is 1. The lowest BCUT2D eigenvalue weighted by atomic mass is 10.1. The zero-order valence-electron chi connectivity index (χ0n) is 13.3. The van der Waals surface area contributed by atoms with Gasteiger partial charge in [-0.1, -0.05) is 30.7 Å². The van der Waals surface area contributed by atoms with Crippen molar-refractivity contribution in [3.05, 3.63) is 29.3 Å². The molecule has 6 nitrogen and oxygen atoms in total. The van der Waals surface area contributed by atoms with Crippen LogP contribution in [-0.4, -0.2) is 48.6 Å². The molecular weight excluding hydrogens is 354 g/mol. The third kappa shape index (κ3) is 4.27. The number of hydrogen-bond acceptors (Lipinski definition) is 4. The number of carbonyl (C=O) groups excluding carboxylic acids is 1. The standard InChI is InChI=1S/C16H20ClNO5S/c1-11(9-15(19)18-8-4-6-13(18)16(20)21)10-24(22,23)14-7-3-2-5-12(14)17/h2-3,5,7,11,13H,4,6,8-10H2,1H3,(H,20,21). The van der Waals surface area contributed by atoms with Crippen LogP contribution < -0.4 is 0 Å². The first kappa shape index (κ1) is 18.7. The van der Waals surface area contributed by atoms with E-state index in [-0.39, 0.29) is 28.0 Å². The van der Waals surface area contributed by atoms with Gasteiger partial charge in [0.2, 0.25) is 5.91 Å². The average molecular weight is 374 g/mol. The van der Waals surface area contributed by atoms with Gasteiger partial charge in [0.1, 0.15) is 6.04 Å². The third-order valence-corrected chi connectivity index (χ3v) is 6.53. The molecule has 132 valence electrons. The van der Waals surface area contributed by atoms with Crippen molar-refractivity contribution < 1.29 is 23.1 Å². The summed E-state index contributed by atoms with van der Waals surface area (Å²) in [6.45, 7) is 2.07. The molecule has 0 radical (unpaired) electrons. The molecule has 1 aliphatic heterocycles. The van der Waals surface area contributed by atoms with Gasteiger partial charge < -0.3 is 10.0 Å². The second-order valence-electron chi connectivity index (χ2n) is 6.10. The maximum Gasteiger partial charge on any atom is 0.326 e. The van der Waals surface area contributed by atoms with E-state index in [1.54, 1.807) is 19.1 Å². The minimum Gasteiger partial charge on any atom is -0.480 e. The van der Waals surface area contributed by atoms with E-state index in [9.17, 15) is 18.0 Å². The van der Waals surface area contributed by atoms with E-state index in [4.69, 9.17) is 16.7 Å². The fourth-order valence-corrected chi connectivity index (χ4v) is 5.14. The van der Waals surface area contributed by atoms with Crippen molar-refractivity contribution in [2.45, 2.75) is 37.1 Å². The van der Waals surface area contributed by atoms with Crippen molar-refractivity contribution in [3.8, 4) is 0 Å². The zero-order valence-corrected chi connectivity index (χ0v) is 14.9. The number of carboxylic acid groups (broad SMARTS) is 1. The highest BCUT2D eigenvalue weighted by Crippen LogP contribution is 2.25. The maximum absolute atomic E-state index is 12.4. The Labute approximate surface area is 146 Å². The molecule has 1 fully saturated rings. The summed E-state index contributed by atoms with van der Waals surface area (Å²) in [5.74, 6) is -1.98. The van der Waals surface area contributed by atoms with Crippen LogP contribution >= 0.6 is 11.6 Å². The fourth-order valence-electron chi connectivity index (χ4n) is 2.96. The second-order valence-corrected chi connectivity index (χ2v) is 8.51. The lowest BCUT2D eigenvalue weighted by Crippen LogP contribution is -2.41. The topological polar surface area (TPSA) is 91.8 Å². The highest BCUT2D eigenvalue weighted by Gasteiger charge is 2.34. The number of carbonyl (C=O) groups is 2. The van der Waals surface area contributed by atoms with E-state index in [0.717, 1.165) is 0 Å². The Bertz CT molecular complexity index is 734. The number of hydrogen-bond donors (Lipinski definition) is 1. The van der Waals surface area contributed by atoms with Gasteiger partial charge in [-0.05, 0) is 30.9 Å². The molecule has 2 atom stereocenters. The molecular formula is C16H20ClNO5S. The van der Waals surface area contributed by atoms with E-state index >= 15 is 0 Å². The van der Waals surface area contributed by atoms with Crippen molar-refractivity contribution in [3.63, 3.8) is 0 Å². The number of carboxylic acids is 1. The Hall–Kier alpha value is -1.60. The predicted octanol–water partition coefficient (Wildman–Crippen LogP) is 2.22. The summed E-state index contributed by atoms with van der Waals surface area (Å²) in [6, 6.07) is 5.38. The summed E-state index contributed by atoms with van der Waals surface area (Å²) in [5.41, 5.74) is 0. The Morgan fingerprint density at radius 3 is 2.67 bits per heavy atom. The molecule has 1 heterocycles. The van der Waals surface area contributed by atoms with E-state index in [2.05, 4.69) is 0 Å². The van der Waals surface area contributed by atoms with Crippen molar-refractivity contribution in [1.82, 2.24) is 4.90 Å². The SMILES string of the molecule is CC(CC(=O)N1CCCC1C(=O)O)CS(=O)(=O)c1ccccc1Cl. The van der Waals surface area contributed by atoms with Gasteiger partial charge in [-0.3, -0.25) is 4.79 Å². The molecule has 24 heavy (non-hydrogen) atoms. The normalized spacial score (nSPS) is 19.2. The third-order valence-electron chi connectivity index (χ3n) is 4.06. The van der Waals surface area contributed by atoms with Gasteiger partial charge in [-0.25, -0.2) is 13.2 Å². The van der Waals surface area contributed by atoms with Crippen molar-refractivity contribution in [2.75, 3.05) is 12.3 Å². The van der Waals surface area contributed by atoms with Crippen molar-refractivity contribution in [1.29, 1.82) is 0 Å². The summed E-state index contributed by atoms with van der Waals surface area (Å²) < 4.78 is 24.9. The number of amides is 1. The number of likely N-dealkylation sites (tertiary alicyclic amines) is 1. The van der Waals surface area contributed by atoms with Crippen LogP contribution in [0.2, 0.25) is 5.02 Å². The predicted molar refractivity (Wildman–Crippen MR) is 89.7 cm³/mol. The van der Waals surface area contributed by atoms with Crippen LogP contribution in [0.25, 0.3) is 0 Å². The molecule has 0 bridgehead atoms. The number of benzene rings is 1. The molecule has 1 aromatic rings. The lowest BCUT2D eigenvalue weighted by molar-refractivity contribution is -0.148. The van der Waals surface area contributed by atoms with Gasteiger partial charge in [0, 0.05) is 13.0 Å². The monoisotopic (exact) mass is 373 g/mol. The summed E-state index contributed by atoms with van der Waals surface area (Å²) in [5, 5.41) is 9.28. The Kier molecular flexibility index (Phi) is 5.87. The Morgan fingerprint density at radius 1 is 1.38 bits per heavy atom. The number of halogens is 1. The highest BCUT2D eigenvalue weighted by atomic mass is 35.5. The van der Waals surface area contributed by atoms with E-state index < -0.39 is 27.8 Å². The van der Waals surface area contributed by atoms with Crippen LogP contribution in [0.4, 0.5) is 0 Å². The fraction of sp³-hybridized carbons (Fsp3) is 0.500. The van der Waals surface area contributed by atoms with Crippen LogP contribution in [0, 0.1) is 5.92 Å². The van der Waals surface area contributed by atoms with E-state index in [0.29, 0.717) is 19.4 Å². The summed E-state index contributed by atoms with van der Waals surface area (Å²) in [6.07, 6.45) is 1.08. The quantitative estimate of drug-likeness (QED) is 0.825. The summed E-state index contributed by atoms with van der Waals surface area (Å²) >= 11 is 5.94. The first-order chi connectivity index (χ1) is 11.2. The largest absolute Gasteiger partial charge is 0.480 e. The minimum absolute atomic E-state index is 0.00649. The summed E-state index contributed by atoms with van der Waals surface area (Å²) in [7, 11) is -3.61. The molecule has 1 N–H and O–H groups in total. The van der Waals surface area contributed by atoms with E-state index in [1.807, 2.05) is 0 Å². The molecule has 2 rings (SSSR count). The molecule has 8 heteroatoms. The average Bonchev–Trinajstić information content (AvgIpc) is 2.96. The molecule has 1 aromatic carbocycles. The first-order valence-corrected chi connectivity index (χ1v) is 9.75.